The molecule has 0 radical (unpaired) electrons. The Bertz CT molecular complexity index is 793. The Morgan fingerprint density at radius 3 is 2.67 bits per heavy atom. The van der Waals surface area contributed by atoms with Gasteiger partial charge in [0.25, 0.3) is 11.8 Å². The van der Waals surface area contributed by atoms with Crippen molar-refractivity contribution in [1.82, 2.24) is 10.7 Å². The first-order valence-corrected chi connectivity index (χ1v) is 7.62. The van der Waals surface area contributed by atoms with Crippen LogP contribution in [-0.2, 0) is 4.79 Å². The smallest absolute Gasteiger partial charge is 0.259 e. The monoisotopic (exact) mass is 391 g/mol. The lowest BCUT2D eigenvalue weighted by Crippen LogP contribution is -2.34. The van der Waals surface area contributed by atoms with Gasteiger partial charge in [0.2, 0.25) is 0 Å². The van der Waals surface area contributed by atoms with E-state index in [1.165, 1.54) is 18.3 Å². The summed E-state index contributed by atoms with van der Waals surface area (Å²) in [5.74, 6) is -1.15. The van der Waals surface area contributed by atoms with E-state index in [1.54, 1.807) is 24.3 Å². The van der Waals surface area contributed by atoms with E-state index in [0.717, 1.165) is 10.5 Å². The van der Waals surface area contributed by atoms with Crippen LogP contribution in [0.2, 0.25) is 0 Å². The molecule has 0 saturated heterocycles. The van der Waals surface area contributed by atoms with Gasteiger partial charge in [-0.15, -0.1) is 0 Å². The third-order valence-corrected chi connectivity index (χ3v) is 3.40. The molecular weight excluding hydrogens is 378 g/mol. The Morgan fingerprint density at radius 1 is 1.17 bits per heavy atom. The molecule has 8 heteroatoms. The number of nitrogens with zero attached hydrogens (tertiary/aromatic N) is 1. The standard InChI is InChI=1S/C16H14BrN3O4/c17-12-3-1-2-10(6-12)16(24)18-9-15(23)20-19-8-11-4-5-13(21)7-14(11)22/h1-8,21-22H,9H2,(H,18,24)(H,20,23)/b19-8+. The Kier molecular flexibility index (Phi) is 5.91. The summed E-state index contributed by atoms with van der Waals surface area (Å²) >= 11 is 3.26. The summed E-state index contributed by atoms with van der Waals surface area (Å²) < 4.78 is 0.762. The van der Waals surface area contributed by atoms with E-state index in [1.807, 2.05) is 0 Å². The van der Waals surface area contributed by atoms with Crippen molar-refractivity contribution in [2.45, 2.75) is 0 Å². The lowest BCUT2D eigenvalue weighted by atomic mass is 10.2. The Balaban J connectivity index is 1.83. The van der Waals surface area contributed by atoms with Crippen LogP contribution in [-0.4, -0.2) is 34.8 Å². The van der Waals surface area contributed by atoms with Crippen LogP contribution in [0, 0.1) is 0 Å². The molecule has 2 aromatic rings. The molecule has 24 heavy (non-hydrogen) atoms. The second kappa shape index (κ2) is 8.11. The van der Waals surface area contributed by atoms with Gasteiger partial charge in [0, 0.05) is 21.7 Å². The molecule has 2 amide bonds. The summed E-state index contributed by atoms with van der Waals surface area (Å²) in [5, 5.41) is 24.9. The highest BCUT2D eigenvalue weighted by Gasteiger charge is 2.07. The number of amides is 2. The zero-order chi connectivity index (χ0) is 17.5. The van der Waals surface area contributed by atoms with Crippen molar-refractivity contribution in [3.63, 3.8) is 0 Å². The number of halogens is 1. The predicted molar refractivity (Wildman–Crippen MR) is 92.0 cm³/mol. The van der Waals surface area contributed by atoms with Gasteiger partial charge in [-0.3, -0.25) is 9.59 Å². The quantitative estimate of drug-likeness (QED) is 0.459. The molecule has 4 N–H and O–H groups in total. The van der Waals surface area contributed by atoms with Crippen molar-refractivity contribution in [3.05, 3.63) is 58.1 Å². The summed E-state index contributed by atoms with van der Waals surface area (Å²) in [6.07, 6.45) is 1.23. The number of hydrazone groups is 1. The molecule has 2 rings (SSSR count). The molecule has 0 unspecified atom stereocenters. The number of benzene rings is 2. The largest absolute Gasteiger partial charge is 0.508 e. The van der Waals surface area contributed by atoms with Gasteiger partial charge in [0.05, 0.1) is 12.8 Å². The van der Waals surface area contributed by atoms with Crippen molar-refractivity contribution in [2.24, 2.45) is 5.10 Å². The van der Waals surface area contributed by atoms with Crippen LogP contribution in [0.15, 0.2) is 52.0 Å². The fourth-order valence-corrected chi connectivity index (χ4v) is 2.15. The predicted octanol–water partition coefficient (Wildman–Crippen LogP) is 1.74. The van der Waals surface area contributed by atoms with Crippen molar-refractivity contribution in [2.75, 3.05) is 6.54 Å². The molecule has 124 valence electrons. The normalized spacial score (nSPS) is 10.5. The maximum atomic E-state index is 11.9. The number of carbonyl (C=O) groups is 2. The number of rotatable bonds is 5. The third-order valence-electron chi connectivity index (χ3n) is 2.90. The SMILES string of the molecule is O=C(CNC(=O)c1cccc(Br)c1)N/N=C/c1ccc(O)cc1O. The Morgan fingerprint density at radius 2 is 1.96 bits per heavy atom. The van der Waals surface area contributed by atoms with Crippen molar-refractivity contribution in [3.8, 4) is 11.5 Å². The summed E-state index contributed by atoms with van der Waals surface area (Å²) in [4.78, 5) is 23.5. The second-order valence-corrected chi connectivity index (χ2v) is 5.64. The summed E-state index contributed by atoms with van der Waals surface area (Å²) in [7, 11) is 0. The van der Waals surface area contributed by atoms with Crippen LogP contribution in [0.1, 0.15) is 15.9 Å². The number of hydrogen-bond donors (Lipinski definition) is 4. The van der Waals surface area contributed by atoms with E-state index in [0.29, 0.717) is 11.1 Å². The molecule has 0 aliphatic carbocycles. The number of nitrogens with one attached hydrogen (secondary N) is 2. The molecule has 2 aromatic carbocycles. The molecule has 0 atom stereocenters. The summed E-state index contributed by atoms with van der Waals surface area (Å²) in [5.41, 5.74) is 2.97. The fraction of sp³-hybridized carbons (Fsp3) is 0.0625. The first-order valence-electron chi connectivity index (χ1n) is 6.83. The first kappa shape index (κ1) is 17.5. The number of carbonyl (C=O) groups excluding carboxylic acids is 2. The van der Waals surface area contributed by atoms with Gasteiger partial charge < -0.3 is 15.5 Å². The van der Waals surface area contributed by atoms with Crippen LogP contribution in [0.5, 0.6) is 11.5 Å². The third kappa shape index (κ3) is 5.10. The van der Waals surface area contributed by atoms with Gasteiger partial charge in [-0.05, 0) is 30.3 Å². The fourth-order valence-electron chi connectivity index (χ4n) is 1.75. The number of phenols is 2. The molecule has 0 heterocycles. The van der Waals surface area contributed by atoms with Gasteiger partial charge >= 0.3 is 0 Å². The van der Waals surface area contributed by atoms with E-state index in [-0.39, 0.29) is 24.0 Å². The van der Waals surface area contributed by atoms with E-state index in [4.69, 9.17) is 5.11 Å². The molecule has 0 aliphatic heterocycles. The summed E-state index contributed by atoms with van der Waals surface area (Å²) in [6.45, 7) is -0.246. The average molecular weight is 392 g/mol. The topological polar surface area (TPSA) is 111 Å². The second-order valence-electron chi connectivity index (χ2n) is 4.73. The Labute approximate surface area is 146 Å². The minimum Gasteiger partial charge on any atom is -0.508 e. The first-order chi connectivity index (χ1) is 11.5. The zero-order valence-electron chi connectivity index (χ0n) is 12.4. The van der Waals surface area contributed by atoms with Crippen molar-refractivity contribution in [1.29, 1.82) is 0 Å². The van der Waals surface area contributed by atoms with Crippen LogP contribution in [0.25, 0.3) is 0 Å². The van der Waals surface area contributed by atoms with E-state index in [9.17, 15) is 14.7 Å². The molecule has 0 fully saturated rings. The molecule has 0 bridgehead atoms. The molecule has 7 nitrogen and oxygen atoms in total. The van der Waals surface area contributed by atoms with E-state index < -0.39 is 5.91 Å². The Hall–Kier alpha value is -2.87. The molecule has 0 saturated carbocycles. The lowest BCUT2D eigenvalue weighted by Gasteiger charge is -2.04. The van der Waals surface area contributed by atoms with Crippen LogP contribution in [0.3, 0.4) is 0 Å². The lowest BCUT2D eigenvalue weighted by molar-refractivity contribution is -0.120. The molecule has 0 aromatic heterocycles. The molecular formula is C16H14BrN3O4. The maximum absolute atomic E-state index is 11.9. The van der Waals surface area contributed by atoms with Gasteiger partial charge in [0.1, 0.15) is 11.5 Å². The zero-order valence-corrected chi connectivity index (χ0v) is 13.9. The van der Waals surface area contributed by atoms with Crippen LogP contribution >= 0.6 is 15.9 Å². The number of hydrogen-bond acceptors (Lipinski definition) is 5. The maximum Gasteiger partial charge on any atom is 0.259 e. The van der Waals surface area contributed by atoms with E-state index >= 15 is 0 Å². The highest BCUT2D eigenvalue weighted by Crippen LogP contribution is 2.20. The van der Waals surface area contributed by atoms with Gasteiger partial charge in [-0.2, -0.15) is 5.10 Å². The van der Waals surface area contributed by atoms with Crippen molar-refractivity contribution >= 4 is 34.0 Å². The highest BCUT2D eigenvalue weighted by atomic mass is 79.9. The average Bonchev–Trinajstić information content (AvgIpc) is 2.54. The van der Waals surface area contributed by atoms with Crippen molar-refractivity contribution < 1.29 is 19.8 Å². The van der Waals surface area contributed by atoms with Gasteiger partial charge in [-0.25, -0.2) is 5.43 Å². The van der Waals surface area contributed by atoms with Crippen LogP contribution < -0.4 is 10.7 Å². The van der Waals surface area contributed by atoms with Gasteiger partial charge in [-0.1, -0.05) is 22.0 Å². The minimum absolute atomic E-state index is 0.0797. The van der Waals surface area contributed by atoms with Crippen LogP contribution in [0.4, 0.5) is 0 Å². The number of phenolic OH excluding ortho intramolecular Hbond substituents is 2. The number of aromatic hydroxyl groups is 2. The highest BCUT2D eigenvalue weighted by molar-refractivity contribution is 9.10. The molecule has 0 spiro atoms. The summed E-state index contributed by atoms with van der Waals surface area (Å²) in [6, 6.07) is 10.7. The molecule has 0 aliphatic rings. The minimum atomic E-state index is -0.520. The van der Waals surface area contributed by atoms with E-state index in [2.05, 4.69) is 31.8 Å². The van der Waals surface area contributed by atoms with Gasteiger partial charge in [0.15, 0.2) is 0 Å².